The lowest BCUT2D eigenvalue weighted by Crippen LogP contribution is -2.37. The van der Waals surface area contributed by atoms with E-state index in [1.165, 1.54) is 12.8 Å². The molecular weight excluding hydrogens is 258 g/mol. The molecule has 0 bridgehead atoms. The van der Waals surface area contributed by atoms with Gasteiger partial charge >= 0.3 is 0 Å². The van der Waals surface area contributed by atoms with Gasteiger partial charge in [-0.3, -0.25) is 4.79 Å². The molecule has 0 heterocycles. The standard InChI is InChI=1S/C16H22ClNO/c1-2-13-7-3-4-8-14(13)15(19)18-12-16(11-17)9-5-6-10-16/h3-4,7-8H,2,5-6,9-12H2,1H3,(H,18,19). The summed E-state index contributed by atoms with van der Waals surface area (Å²) in [5.41, 5.74) is 2.03. The van der Waals surface area contributed by atoms with Crippen molar-refractivity contribution in [2.45, 2.75) is 39.0 Å². The smallest absolute Gasteiger partial charge is 0.251 e. The summed E-state index contributed by atoms with van der Waals surface area (Å²) in [5.74, 6) is 0.678. The van der Waals surface area contributed by atoms with Gasteiger partial charge in [0.05, 0.1) is 0 Å². The Balaban J connectivity index is 2.01. The highest BCUT2D eigenvalue weighted by molar-refractivity contribution is 6.18. The van der Waals surface area contributed by atoms with E-state index in [0.29, 0.717) is 12.4 Å². The van der Waals surface area contributed by atoms with Gasteiger partial charge in [-0.05, 0) is 30.9 Å². The van der Waals surface area contributed by atoms with Gasteiger partial charge < -0.3 is 5.32 Å². The molecule has 1 aliphatic rings. The van der Waals surface area contributed by atoms with Crippen molar-refractivity contribution in [3.63, 3.8) is 0 Å². The van der Waals surface area contributed by atoms with E-state index in [9.17, 15) is 4.79 Å². The summed E-state index contributed by atoms with van der Waals surface area (Å²) in [7, 11) is 0. The van der Waals surface area contributed by atoms with Crippen molar-refractivity contribution in [2.24, 2.45) is 5.41 Å². The van der Waals surface area contributed by atoms with Gasteiger partial charge in [-0.1, -0.05) is 38.0 Å². The highest BCUT2D eigenvalue weighted by Gasteiger charge is 2.33. The minimum absolute atomic E-state index is 0.0360. The number of rotatable bonds is 5. The summed E-state index contributed by atoms with van der Waals surface area (Å²) < 4.78 is 0. The number of hydrogen-bond donors (Lipinski definition) is 1. The van der Waals surface area contributed by atoms with Crippen molar-refractivity contribution in [3.05, 3.63) is 35.4 Å². The zero-order chi connectivity index (χ0) is 13.7. The van der Waals surface area contributed by atoms with E-state index in [2.05, 4.69) is 12.2 Å². The third kappa shape index (κ3) is 3.30. The van der Waals surface area contributed by atoms with E-state index in [0.717, 1.165) is 30.4 Å². The van der Waals surface area contributed by atoms with E-state index in [-0.39, 0.29) is 11.3 Å². The zero-order valence-corrected chi connectivity index (χ0v) is 12.3. The van der Waals surface area contributed by atoms with Crippen molar-refractivity contribution in [3.8, 4) is 0 Å². The second-order valence-corrected chi connectivity index (χ2v) is 5.80. The molecule has 0 unspecified atom stereocenters. The quantitative estimate of drug-likeness (QED) is 0.817. The second kappa shape index (κ2) is 6.42. The van der Waals surface area contributed by atoms with Crippen LogP contribution in [0.1, 0.15) is 48.5 Å². The zero-order valence-electron chi connectivity index (χ0n) is 11.5. The lowest BCUT2D eigenvalue weighted by atomic mass is 9.88. The molecule has 2 rings (SSSR count). The van der Waals surface area contributed by atoms with Gasteiger partial charge in [-0.25, -0.2) is 0 Å². The number of halogens is 1. The van der Waals surface area contributed by atoms with Crippen LogP contribution in [0, 0.1) is 5.41 Å². The molecule has 1 N–H and O–H groups in total. The highest BCUT2D eigenvalue weighted by Crippen LogP contribution is 2.38. The van der Waals surface area contributed by atoms with Crippen LogP contribution in [0.4, 0.5) is 0 Å². The molecule has 1 aromatic rings. The average molecular weight is 280 g/mol. The van der Waals surface area contributed by atoms with Gasteiger partial charge in [0, 0.05) is 23.4 Å². The van der Waals surface area contributed by atoms with Gasteiger partial charge in [-0.2, -0.15) is 0 Å². The first-order chi connectivity index (χ1) is 9.21. The van der Waals surface area contributed by atoms with Crippen LogP contribution in [-0.4, -0.2) is 18.3 Å². The number of amides is 1. The van der Waals surface area contributed by atoms with Crippen LogP contribution < -0.4 is 5.32 Å². The van der Waals surface area contributed by atoms with Crippen LogP contribution in [0.25, 0.3) is 0 Å². The summed E-state index contributed by atoms with van der Waals surface area (Å²) in [6.45, 7) is 2.77. The average Bonchev–Trinajstić information content (AvgIpc) is 2.94. The fraction of sp³-hybridized carbons (Fsp3) is 0.562. The van der Waals surface area contributed by atoms with Crippen LogP contribution in [0.3, 0.4) is 0 Å². The molecule has 104 valence electrons. The Morgan fingerprint density at radius 1 is 1.32 bits per heavy atom. The Labute approximate surface area is 120 Å². The van der Waals surface area contributed by atoms with Gasteiger partial charge in [0.25, 0.3) is 5.91 Å². The first-order valence-electron chi connectivity index (χ1n) is 7.13. The summed E-state index contributed by atoms with van der Waals surface area (Å²) in [5, 5.41) is 3.08. The molecule has 1 aromatic carbocycles. The fourth-order valence-electron chi connectivity index (χ4n) is 2.90. The van der Waals surface area contributed by atoms with Crippen molar-refractivity contribution < 1.29 is 4.79 Å². The number of benzene rings is 1. The normalized spacial score (nSPS) is 17.4. The molecule has 1 saturated carbocycles. The molecule has 3 heteroatoms. The lowest BCUT2D eigenvalue weighted by molar-refractivity contribution is 0.0934. The van der Waals surface area contributed by atoms with Crippen molar-refractivity contribution in [1.29, 1.82) is 0 Å². The summed E-state index contributed by atoms with van der Waals surface area (Å²) in [6.07, 6.45) is 5.60. The Hall–Kier alpha value is -1.02. The van der Waals surface area contributed by atoms with Gasteiger partial charge in [-0.15, -0.1) is 11.6 Å². The minimum atomic E-state index is 0.0360. The predicted octanol–water partition coefficient (Wildman–Crippen LogP) is 3.78. The van der Waals surface area contributed by atoms with Crippen molar-refractivity contribution in [1.82, 2.24) is 5.32 Å². The van der Waals surface area contributed by atoms with Gasteiger partial charge in [0.1, 0.15) is 0 Å². The molecule has 0 spiro atoms. The molecule has 19 heavy (non-hydrogen) atoms. The van der Waals surface area contributed by atoms with Crippen LogP contribution in [0.5, 0.6) is 0 Å². The molecule has 0 atom stereocenters. The summed E-state index contributed by atoms with van der Waals surface area (Å²) >= 11 is 6.10. The fourth-order valence-corrected chi connectivity index (χ4v) is 3.26. The van der Waals surface area contributed by atoms with E-state index < -0.39 is 0 Å². The molecule has 0 aliphatic heterocycles. The van der Waals surface area contributed by atoms with Crippen LogP contribution in [-0.2, 0) is 6.42 Å². The summed E-state index contributed by atoms with van der Waals surface area (Å²) in [4.78, 5) is 12.3. The van der Waals surface area contributed by atoms with E-state index in [4.69, 9.17) is 11.6 Å². The van der Waals surface area contributed by atoms with Gasteiger partial charge in [0.2, 0.25) is 0 Å². The molecule has 0 radical (unpaired) electrons. The maximum absolute atomic E-state index is 12.3. The number of carbonyl (C=O) groups is 1. The maximum Gasteiger partial charge on any atom is 0.251 e. The van der Waals surface area contributed by atoms with Crippen molar-refractivity contribution in [2.75, 3.05) is 12.4 Å². The first-order valence-corrected chi connectivity index (χ1v) is 7.66. The van der Waals surface area contributed by atoms with E-state index in [1.54, 1.807) is 0 Å². The lowest BCUT2D eigenvalue weighted by Gasteiger charge is -2.26. The summed E-state index contributed by atoms with van der Waals surface area (Å²) in [6, 6.07) is 7.81. The van der Waals surface area contributed by atoms with Crippen LogP contribution in [0.2, 0.25) is 0 Å². The van der Waals surface area contributed by atoms with Crippen LogP contribution >= 0.6 is 11.6 Å². The van der Waals surface area contributed by atoms with Crippen LogP contribution in [0.15, 0.2) is 24.3 Å². The SMILES string of the molecule is CCc1ccccc1C(=O)NCC1(CCl)CCCC1. The highest BCUT2D eigenvalue weighted by atomic mass is 35.5. The van der Waals surface area contributed by atoms with Crippen molar-refractivity contribution >= 4 is 17.5 Å². The Morgan fingerprint density at radius 2 is 2.00 bits per heavy atom. The monoisotopic (exact) mass is 279 g/mol. The molecule has 2 nitrogen and oxygen atoms in total. The largest absolute Gasteiger partial charge is 0.351 e. The maximum atomic E-state index is 12.3. The van der Waals surface area contributed by atoms with Gasteiger partial charge in [0.15, 0.2) is 0 Å². The molecule has 1 amide bonds. The predicted molar refractivity (Wildman–Crippen MR) is 79.8 cm³/mol. The molecule has 0 saturated heterocycles. The number of hydrogen-bond acceptors (Lipinski definition) is 1. The number of alkyl halides is 1. The Kier molecular flexibility index (Phi) is 4.87. The molecular formula is C16H22ClNO. The number of aryl methyl sites for hydroxylation is 1. The van der Waals surface area contributed by atoms with E-state index >= 15 is 0 Å². The Bertz CT molecular complexity index is 438. The van der Waals surface area contributed by atoms with E-state index in [1.807, 2.05) is 24.3 Å². The topological polar surface area (TPSA) is 29.1 Å². The molecule has 1 aliphatic carbocycles. The molecule has 0 aromatic heterocycles. The minimum Gasteiger partial charge on any atom is -0.351 e. The second-order valence-electron chi connectivity index (χ2n) is 5.53. The number of nitrogens with one attached hydrogen (secondary N) is 1. The first kappa shape index (κ1) is 14.4. The third-order valence-corrected chi connectivity index (χ3v) is 4.78. The third-order valence-electron chi connectivity index (χ3n) is 4.21. The molecule has 1 fully saturated rings. The Morgan fingerprint density at radius 3 is 2.63 bits per heavy atom. The number of carbonyl (C=O) groups excluding carboxylic acids is 1.